The summed E-state index contributed by atoms with van der Waals surface area (Å²) in [4.78, 5) is 33.3. The first-order valence-electron chi connectivity index (χ1n) is 10.6. The molecule has 31 heavy (non-hydrogen) atoms. The van der Waals surface area contributed by atoms with Crippen LogP contribution in [0.25, 0.3) is 11.6 Å². The number of carbonyl (C=O) groups is 2. The van der Waals surface area contributed by atoms with Crippen LogP contribution in [0.1, 0.15) is 32.9 Å². The number of aromatic nitrogens is 1. The fraction of sp³-hybridized carbons (Fsp3) is 0.391. The third-order valence-corrected chi connectivity index (χ3v) is 6.69. The van der Waals surface area contributed by atoms with Gasteiger partial charge in [-0.3, -0.25) is 14.5 Å². The molecule has 2 N–H and O–H groups in total. The van der Waals surface area contributed by atoms with Crippen LogP contribution in [0.5, 0.6) is 0 Å². The van der Waals surface area contributed by atoms with Crippen LogP contribution < -0.4 is 5.32 Å². The van der Waals surface area contributed by atoms with Gasteiger partial charge in [0.1, 0.15) is 0 Å². The molecule has 8 heteroatoms. The number of hydrogen-bond acceptors (Lipinski definition) is 4. The third kappa shape index (κ3) is 3.56. The van der Waals surface area contributed by atoms with E-state index in [1.165, 1.54) is 0 Å². The van der Waals surface area contributed by atoms with E-state index in [2.05, 4.69) is 15.2 Å². The van der Waals surface area contributed by atoms with Crippen LogP contribution in [0.2, 0.25) is 5.02 Å². The number of nitrogens with one attached hydrogen (secondary N) is 2. The molecule has 0 atom stereocenters. The van der Waals surface area contributed by atoms with Crippen LogP contribution in [0.4, 0.5) is 5.69 Å². The molecule has 2 aromatic rings. The van der Waals surface area contributed by atoms with Gasteiger partial charge in [0.05, 0.1) is 24.4 Å². The molecule has 2 fully saturated rings. The van der Waals surface area contributed by atoms with Gasteiger partial charge in [-0.1, -0.05) is 11.6 Å². The van der Waals surface area contributed by atoms with E-state index in [4.69, 9.17) is 16.3 Å². The molecule has 3 aliphatic heterocycles. The number of carbonyl (C=O) groups excluding carboxylic acids is 2. The molecule has 3 aliphatic rings. The van der Waals surface area contributed by atoms with Crippen LogP contribution in [0, 0.1) is 13.8 Å². The van der Waals surface area contributed by atoms with Crippen LogP contribution in [-0.4, -0.2) is 72.0 Å². The first kappa shape index (κ1) is 20.3. The zero-order valence-electron chi connectivity index (χ0n) is 17.6. The van der Waals surface area contributed by atoms with Crippen LogP contribution >= 0.6 is 11.6 Å². The molecule has 0 unspecified atom stereocenters. The number of morpholine rings is 1. The predicted molar refractivity (Wildman–Crippen MR) is 120 cm³/mol. The number of hydrogen-bond donors (Lipinski definition) is 2. The molecule has 1 aromatic heterocycles. The summed E-state index contributed by atoms with van der Waals surface area (Å²) in [5.74, 6) is -0.132. The maximum Gasteiger partial charge on any atom is 0.256 e. The summed E-state index contributed by atoms with van der Waals surface area (Å²) < 4.78 is 5.42. The third-order valence-electron chi connectivity index (χ3n) is 6.45. The number of halogens is 1. The van der Waals surface area contributed by atoms with Gasteiger partial charge in [0.25, 0.3) is 11.8 Å². The molecule has 0 spiro atoms. The molecule has 5 rings (SSSR count). The Morgan fingerprint density at radius 2 is 1.97 bits per heavy atom. The molecular formula is C23H25ClN4O3. The van der Waals surface area contributed by atoms with E-state index in [1.807, 2.05) is 24.8 Å². The van der Waals surface area contributed by atoms with Crippen LogP contribution in [0.3, 0.4) is 0 Å². The molecule has 162 valence electrons. The van der Waals surface area contributed by atoms with Gasteiger partial charge in [0.15, 0.2) is 0 Å². The standard InChI is InChI=1S/C23H25ClN4O3/c1-13-20(10-18-17-9-15(24)3-4-19(17)26-22(18)29)25-14(2)21(13)23(30)28-11-16(12-28)27-5-7-31-8-6-27/h3-4,9-10,16,25H,5-8,11-12H2,1-2H3,(H,26,29)/b18-10-. The maximum atomic E-state index is 13.2. The Bertz CT molecular complexity index is 1090. The van der Waals surface area contributed by atoms with Crippen molar-refractivity contribution in [3.05, 3.63) is 51.3 Å². The number of fused-ring (bicyclic) bond motifs is 1. The van der Waals surface area contributed by atoms with E-state index in [9.17, 15) is 9.59 Å². The van der Waals surface area contributed by atoms with Crippen molar-refractivity contribution in [1.29, 1.82) is 0 Å². The van der Waals surface area contributed by atoms with E-state index in [1.54, 1.807) is 18.2 Å². The number of likely N-dealkylation sites (tertiary alicyclic amines) is 1. The lowest BCUT2D eigenvalue weighted by Crippen LogP contribution is -2.62. The average molecular weight is 441 g/mol. The summed E-state index contributed by atoms with van der Waals surface area (Å²) in [5, 5.41) is 3.44. The summed E-state index contributed by atoms with van der Waals surface area (Å²) >= 11 is 6.13. The minimum Gasteiger partial charge on any atom is -0.379 e. The highest BCUT2D eigenvalue weighted by Gasteiger charge is 2.37. The second-order valence-electron chi connectivity index (χ2n) is 8.38. The van der Waals surface area contributed by atoms with E-state index >= 15 is 0 Å². The molecule has 0 bridgehead atoms. The lowest BCUT2D eigenvalue weighted by atomic mass is 10.0. The number of anilines is 1. The lowest BCUT2D eigenvalue weighted by molar-refractivity contribution is -0.110. The molecule has 2 saturated heterocycles. The van der Waals surface area contributed by atoms with Crippen molar-refractivity contribution in [1.82, 2.24) is 14.8 Å². The molecule has 7 nitrogen and oxygen atoms in total. The Hall–Kier alpha value is -2.61. The van der Waals surface area contributed by atoms with Crippen LogP contribution in [-0.2, 0) is 9.53 Å². The number of aromatic amines is 1. The van der Waals surface area contributed by atoms with E-state index < -0.39 is 0 Å². The normalized spacial score (nSPS) is 20.7. The second kappa shape index (κ2) is 7.82. The number of nitrogens with zero attached hydrogens (tertiary/aromatic N) is 2. The second-order valence-corrected chi connectivity index (χ2v) is 8.81. The first-order chi connectivity index (χ1) is 14.9. The molecule has 2 amide bonds. The zero-order valence-corrected chi connectivity index (χ0v) is 18.4. The highest BCUT2D eigenvalue weighted by molar-refractivity contribution is 6.36. The monoisotopic (exact) mass is 440 g/mol. The molecule has 4 heterocycles. The quantitative estimate of drug-likeness (QED) is 0.719. The van der Waals surface area contributed by atoms with Gasteiger partial charge in [-0.05, 0) is 43.7 Å². The minimum atomic E-state index is -0.173. The smallest absolute Gasteiger partial charge is 0.256 e. The van der Waals surface area contributed by atoms with E-state index in [0.717, 1.165) is 67.6 Å². The van der Waals surface area contributed by atoms with Gasteiger partial charge in [0.2, 0.25) is 0 Å². The highest BCUT2D eigenvalue weighted by Crippen LogP contribution is 2.36. The van der Waals surface area contributed by atoms with Gasteiger partial charge < -0.3 is 19.9 Å². The van der Waals surface area contributed by atoms with Gasteiger partial charge in [-0.25, -0.2) is 0 Å². The van der Waals surface area contributed by atoms with Gasteiger partial charge in [-0.2, -0.15) is 0 Å². The maximum absolute atomic E-state index is 13.2. The lowest BCUT2D eigenvalue weighted by Gasteiger charge is -2.46. The Morgan fingerprint density at radius 1 is 1.23 bits per heavy atom. The molecule has 0 aliphatic carbocycles. The topological polar surface area (TPSA) is 77.7 Å². The van der Waals surface area contributed by atoms with E-state index in [-0.39, 0.29) is 11.8 Å². The van der Waals surface area contributed by atoms with Crippen molar-refractivity contribution in [2.45, 2.75) is 19.9 Å². The van der Waals surface area contributed by atoms with Crippen molar-refractivity contribution in [3.8, 4) is 0 Å². The van der Waals surface area contributed by atoms with Gasteiger partial charge >= 0.3 is 0 Å². The fourth-order valence-electron chi connectivity index (χ4n) is 4.64. The van der Waals surface area contributed by atoms with Gasteiger partial charge in [0, 0.05) is 59.9 Å². The minimum absolute atomic E-state index is 0.0414. The number of ether oxygens (including phenoxy) is 1. The highest BCUT2D eigenvalue weighted by atomic mass is 35.5. The van der Waals surface area contributed by atoms with Crippen molar-refractivity contribution >= 4 is 40.8 Å². The predicted octanol–water partition coefficient (Wildman–Crippen LogP) is 2.93. The Balaban J connectivity index is 1.37. The zero-order chi connectivity index (χ0) is 21.7. The molecule has 0 radical (unpaired) electrons. The number of aryl methyl sites for hydroxylation is 1. The molecule has 0 saturated carbocycles. The summed E-state index contributed by atoms with van der Waals surface area (Å²) in [6.45, 7) is 8.71. The number of rotatable bonds is 3. The Labute approximate surface area is 186 Å². The summed E-state index contributed by atoms with van der Waals surface area (Å²) in [6, 6.07) is 5.75. The van der Waals surface area contributed by atoms with Gasteiger partial charge in [-0.15, -0.1) is 0 Å². The number of benzene rings is 1. The van der Waals surface area contributed by atoms with Crippen molar-refractivity contribution in [2.24, 2.45) is 0 Å². The number of amides is 2. The SMILES string of the molecule is Cc1[nH]c(/C=C2\C(=O)Nc3ccc(Cl)cc32)c(C)c1C(=O)N1CC(N2CCOCC2)C1. The van der Waals surface area contributed by atoms with Crippen LogP contribution in [0.15, 0.2) is 18.2 Å². The summed E-state index contributed by atoms with van der Waals surface area (Å²) in [5.41, 5.74) is 5.18. The summed E-state index contributed by atoms with van der Waals surface area (Å²) in [6.07, 6.45) is 1.81. The Kier molecular flexibility index (Phi) is 5.12. The summed E-state index contributed by atoms with van der Waals surface area (Å²) in [7, 11) is 0. The van der Waals surface area contributed by atoms with Crippen molar-refractivity contribution < 1.29 is 14.3 Å². The average Bonchev–Trinajstić information content (AvgIpc) is 3.17. The van der Waals surface area contributed by atoms with E-state index in [0.29, 0.717) is 22.2 Å². The molecular weight excluding hydrogens is 416 g/mol. The Morgan fingerprint density at radius 3 is 2.71 bits per heavy atom. The van der Waals surface area contributed by atoms with Crippen molar-refractivity contribution in [2.75, 3.05) is 44.7 Å². The fourth-order valence-corrected chi connectivity index (χ4v) is 4.81. The number of H-pyrrole nitrogens is 1. The molecule has 1 aromatic carbocycles. The largest absolute Gasteiger partial charge is 0.379 e. The first-order valence-corrected chi connectivity index (χ1v) is 10.9. The van der Waals surface area contributed by atoms with Crippen molar-refractivity contribution in [3.63, 3.8) is 0 Å².